The van der Waals surface area contributed by atoms with Gasteiger partial charge in [0.25, 0.3) is 0 Å². The number of nitrogens with zero attached hydrogens (tertiary/aromatic N) is 6. The minimum absolute atomic E-state index is 0.00322. The lowest BCUT2D eigenvalue weighted by atomic mass is 9.98. The second kappa shape index (κ2) is 19.0. The van der Waals surface area contributed by atoms with Crippen LogP contribution in [0.5, 0.6) is 11.8 Å². The molecule has 6 N–H and O–H groups in total. The number of aliphatic hydroxyl groups is 2. The van der Waals surface area contributed by atoms with E-state index < -0.39 is 0 Å². The van der Waals surface area contributed by atoms with E-state index in [2.05, 4.69) is 31.0 Å². The molecular weight excluding hydrogens is 707 g/mol. The third-order valence-electron chi connectivity index (χ3n) is 7.84. The number of nitrogens with one attached hydrogen (secondary N) is 4. The van der Waals surface area contributed by atoms with E-state index in [9.17, 15) is 0 Å². The van der Waals surface area contributed by atoms with Crippen LogP contribution in [0.2, 0.25) is 10.0 Å². The SMILES string of the molecule is COc1nc(-c2cccc(-c3cccc(-c4cnc(CNCc5cnn(CCO)c5)c(OC)n4)c3Cl)c2Cl)cnc1CNC/C(C=N)=C/NCCO. The first-order valence-corrected chi connectivity index (χ1v) is 17.1. The summed E-state index contributed by atoms with van der Waals surface area (Å²) in [4.78, 5) is 18.7. The van der Waals surface area contributed by atoms with Crippen LogP contribution in [0.15, 0.2) is 73.0 Å². The van der Waals surface area contributed by atoms with Crippen molar-refractivity contribution in [2.45, 2.75) is 26.2 Å². The molecule has 5 aromatic rings. The summed E-state index contributed by atoms with van der Waals surface area (Å²) in [5.74, 6) is 0.709. The monoisotopic (exact) mass is 746 g/mol. The average molecular weight is 748 g/mol. The number of rotatable bonds is 19. The first-order chi connectivity index (χ1) is 25.4. The van der Waals surface area contributed by atoms with Crippen molar-refractivity contribution in [1.29, 1.82) is 5.41 Å². The third kappa shape index (κ3) is 9.47. The van der Waals surface area contributed by atoms with Crippen molar-refractivity contribution in [1.82, 2.24) is 45.7 Å². The van der Waals surface area contributed by atoms with Crippen LogP contribution in [0, 0.1) is 5.41 Å². The summed E-state index contributed by atoms with van der Waals surface area (Å²) in [5, 5.41) is 40.3. The number of benzene rings is 2. The Morgan fingerprint density at radius 3 is 1.92 bits per heavy atom. The zero-order valence-electron chi connectivity index (χ0n) is 28.7. The summed E-state index contributed by atoms with van der Waals surface area (Å²) in [6, 6.07) is 11.3. The van der Waals surface area contributed by atoms with E-state index in [0.29, 0.717) is 112 Å². The topological polar surface area (TPSA) is 188 Å². The second-order valence-corrected chi connectivity index (χ2v) is 12.1. The van der Waals surface area contributed by atoms with Crippen LogP contribution in [-0.4, -0.2) is 86.7 Å². The zero-order valence-corrected chi connectivity index (χ0v) is 30.2. The summed E-state index contributed by atoms with van der Waals surface area (Å²) < 4.78 is 12.9. The van der Waals surface area contributed by atoms with Crippen LogP contribution in [0.3, 0.4) is 0 Å². The van der Waals surface area contributed by atoms with E-state index >= 15 is 0 Å². The Kier molecular flexibility index (Phi) is 14.0. The minimum atomic E-state index is 0.00322. The van der Waals surface area contributed by atoms with Crippen LogP contribution < -0.4 is 25.4 Å². The Bertz CT molecular complexity index is 2010. The molecule has 0 spiro atoms. The zero-order chi connectivity index (χ0) is 36.9. The molecular formula is C36H40Cl2N10O4. The van der Waals surface area contributed by atoms with Gasteiger partial charge in [0.2, 0.25) is 11.8 Å². The van der Waals surface area contributed by atoms with Gasteiger partial charge in [-0.3, -0.25) is 14.6 Å². The van der Waals surface area contributed by atoms with Gasteiger partial charge in [0.1, 0.15) is 11.4 Å². The van der Waals surface area contributed by atoms with Gasteiger partial charge in [0.05, 0.1) is 74.0 Å². The largest absolute Gasteiger partial charge is 0.480 e. The molecule has 2 aromatic carbocycles. The van der Waals surface area contributed by atoms with Gasteiger partial charge < -0.3 is 41.0 Å². The molecule has 0 unspecified atom stereocenters. The third-order valence-corrected chi connectivity index (χ3v) is 8.65. The highest BCUT2D eigenvalue weighted by molar-refractivity contribution is 6.39. The Labute approximate surface area is 311 Å². The maximum atomic E-state index is 9.11. The summed E-state index contributed by atoms with van der Waals surface area (Å²) >= 11 is 14.1. The highest BCUT2D eigenvalue weighted by atomic mass is 35.5. The normalized spacial score (nSPS) is 11.5. The Morgan fingerprint density at radius 2 is 1.38 bits per heavy atom. The molecule has 0 amide bonds. The first kappa shape index (κ1) is 38.3. The smallest absolute Gasteiger partial charge is 0.237 e. The number of hydrogen-bond acceptors (Lipinski definition) is 13. The van der Waals surface area contributed by atoms with E-state index in [1.54, 1.807) is 36.6 Å². The molecule has 52 heavy (non-hydrogen) atoms. The van der Waals surface area contributed by atoms with Gasteiger partial charge in [-0.25, -0.2) is 9.97 Å². The predicted molar refractivity (Wildman–Crippen MR) is 201 cm³/mol. The highest BCUT2D eigenvalue weighted by Gasteiger charge is 2.19. The molecule has 5 rings (SSSR count). The number of aliphatic hydroxyl groups excluding tert-OH is 2. The van der Waals surface area contributed by atoms with E-state index in [0.717, 1.165) is 5.56 Å². The van der Waals surface area contributed by atoms with Crippen molar-refractivity contribution in [2.24, 2.45) is 0 Å². The van der Waals surface area contributed by atoms with Gasteiger partial charge >= 0.3 is 0 Å². The number of methoxy groups -OCH3 is 2. The lowest BCUT2D eigenvalue weighted by Gasteiger charge is -2.15. The molecule has 0 atom stereocenters. The summed E-state index contributed by atoms with van der Waals surface area (Å²) in [5.41, 5.74) is 6.66. The molecule has 0 aliphatic heterocycles. The second-order valence-electron chi connectivity index (χ2n) is 11.3. The van der Waals surface area contributed by atoms with Crippen LogP contribution in [-0.2, 0) is 26.2 Å². The van der Waals surface area contributed by atoms with E-state index in [-0.39, 0.29) is 13.2 Å². The van der Waals surface area contributed by atoms with E-state index in [1.165, 1.54) is 13.3 Å². The number of halogens is 2. The van der Waals surface area contributed by atoms with Crippen molar-refractivity contribution in [3.05, 3.63) is 100.0 Å². The van der Waals surface area contributed by atoms with Gasteiger partial charge in [-0.15, -0.1) is 0 Å². The molecule has 0 radical (unpaired) electrons. The quantitative estimate of drug-likeness (QED) is 0.0521. The fourth-order valence-electron chi connectivity index (χ4n) is 5.28. The Balaban J connectivity index is 1.33. The number of hydrogen-bond donors (Lipinski definition) is 6. The Hall–Kier alpha value is -4.96. The first-order valence-electron chi connectivity index (χ1n) is 16.4. The maximum Gasteiger partial charge on any atom is 0.237 e. The highest BCUT2D eigenvalue weighted by Crippen LogP contribution is 2.42. The molecule has 0 aliphatic carbocycles. The van der Waals surface area contributed by atoms with Crippen molar-refractivity contribution in [2.75, 3.05) is 40.5 Å². The van der Waals surface area contributed by atoms with Gasteiger partial charge in [-0.05, 0) is 5.57 Å². The standard InChI is InChI=1S/C36H40Cl2N10O4/c1-51-35-31(18-41-15-23(13-39)14-40-9-11-49)43-20-29(46-35)27-7-3-5-25(33(27)37)26-6-4-8-28(34(26)38)30-21-44-32(36(47-30)52-2)19-42-16-24-17-45-48(22-24)10-12-50/h3-8,13-14,17,20-22,39-42,49-50H,9-12,15-16,18-19H2,1-2H3/b23-14+,39-13?. The summed E-state index contributed by atoms with van der Waals surface area (Å²) in [7, 11) is 3.08. The van der Waals surface area contributed by atoms with Crippen LogP contribution in [0.1, 0.15) is 17.0 Å². The molecule has 0 fully saturated rings. The molecule has 0 saturated heterocycles. The van der Waals surface area contributed by atoms with Crippen molar-refractivity contribution in [3.63, 3.8) is 0 Å². The fraction of sp³-hybridized carbons (Fsp3) is 0.278. The summed E-state index contributed by atoms with van der Waals surface area (Å²) in [6.07, 6.45) is 9.85. The summed E-state index contributed by atoms with van der Waals surface area (Å²) in [6.45, 7) is 2.60. The minimum Gasteiger partial charge on any atom is -0.480 e. The Morgan fingerprint density at radius 1 is 0.808 bits per heavy atom. The van der Waals surface area contributed by atoms with Crippen LogP contribution in [0.25, 0.3) is 33.6 Å². The van der Waals surface area contributed by atoms with Crippen LogP contribution in [0.4, 0.5) is 0 Å². The van der Waals surface area contributed by atoms with E-state index in [1.807, 2.05) is 42.6 Å². The lowest BCUT2D eigenvalue weighted by molar-refractivity contribution is 0.269. The van der Waals surface area contributed by atoms with Gasteiger partial charge in [0, 0.05) is 79.2 Å². The number of aromatic nitrogens is 6. The molecule has 0 bridgehead atoms. The van der Waals surface area contributed by atoms with Crippen molar-refractivity contribution in [3.8, 4) is 45.4 Å². The molecule has 0 saturated carbocycles. The average Bonchev–Trinajstić information content (AvgIpc) is 3.62. The van der Waals surface area contributed by atoms with Gasteiger partial charge in [-0.1, -0.05) is 59.6 Å². The molecule has 3 heterocycles. The van der Waals surface area contributed by atoms with Crippen molar-refractivity contribution >= 4 is 29.4 Å². The maximum absolute atomic E-state index is 9.11. The molecule has 16 heteroatoms. The van der Waals surface area contributed by atoms with Crippen molar-refractivity contribution < 1.29 is 19.7 Å². The molecule has 14 nitrogen and oxygen atoms in total. The molecule has 3 aromatic heterocycles. The van der Waals surface area contributed by atoms with Gasteiger partial charge in [0.15, 0.2) is 0 Å². The lowest BCUT2D eigenvalue weighted by Crippen LogP contribution is -2.21. The predicted octanol–water partition coefficient (Wildman–Crippen LogP) is 4.28. The van der Waals surface area contributed by atoms with Gasteiger partial charge in [-0.2, -0.15) is 5.10 Å². The fourth-order valence-corrected chi connectivity index (χ4v) is 5.93. The molecule has 0 aliphatic rings. The van der Waals surface area contributed by atoms with Crippen LogP contribution >= 0.6 is 23.2 Å². The number of ether oxygens (including phenoxy) is 2. The molecule has 272 valence electrons. The van der Waals surface area contributed by atoms with E-state index in [4.69, 9.17) is 58.3 Å².